The SMILES string of the molecule is COc1ccc(C(=O)NC(C(=O)NCc2cccc(NC(=O)c3ccc(C)cc3)c2)C(C)C)cc1. The van der Waals surface area contributed by atoms with Crippen molar-refractivity contribution in [2.24, 2.45) is 5.92 Å². The third-order valence-corrected chi connectivity index (χ3v) is 5.55. The van der Waals surface area contributed by atoms with Crippen LogP contribution in [0.15, 0.2) is 72.8 Å². The van der Waals surface area contributed by atoms with Gasteiger partial charge in [0.2, 0.25) is 5.91 Å². The molecule has 0 spiro atoms. The third kappa shape index (κ3) is 7.17. The Labute approximate surface area is 205 Å². The molecule has 3 aromatic rings. The molecule has 35 heavy (non-hydrogen) atoms. The van der Waals surface area contributed by atoms with Crippen LogP contribution in [0.2, 0.25) is 0 Å². The minimum absolute atomic E-state index is 0.114. The van der Waals surface area contributed by atoms with Crippen molar-refractivity contribution in [2.45, 2.75) is 33.4 Å². The van der Waals surface area contributed by atoms with Crippen LogP contribution >= 0.6 is 0 Å². The summed E-state index contributed by atoms with van der Waals surface area (Å²) < 4.78 is 5.12. The van der Waals surface area contributed by atoms with Crippen molar-refractivity contribution >= 4 is 23.4 Å². The number of methoxy groups -OCH3 is 1. The summed E-state index contributed by atoms with van der Waals surface area (Å²) in [5, 5.41) is 8.59. The minimum Gasteiger partial charge on any atom is -0.497 e. The summed E-state index contributed by atoms with van der Waals surface area (Å²) in [6, 6.07) is 20.6. The summed E-state index contributed by atoms with van der Waals surface area (Å²) in [6.45, 7) is 5.97. The number of nitrogens with one attached hydrogen (secondary N) is 3. The molecule has 0 bridgehead atoms. The highest BCUT2D eigenvalue weighted by atomic mass is 16.5. The number of benzene rings is 3. The van der Waals surface area contributed by atoms with E-state index in [0.717, 1.165) is 11.1 Å². The van der Waals surface area contributed by atoms with Gasteiger partial charge in [-0.1, -0.05) is 43.7 Å². The molecule has 1 unspecified atom stereocenters. The second-order valence-electron chi connectivity index (χ2n) is 8.66. The molecule has 7 nitrogen and oxygen atoms in total. The summed E-state index contributed by atoms with van der Waals surface area (Å²) in [5.74, 6) is -0.278. The van der Waals surface area contributed by atoms with Gasteiger partial charge < -0.3 is 20.7 Å². The van der Waals surface area contributed by atoms with Gasteiger partial charge in [-0.15, -0.1) is 0 Å². The Bertz CT molecular complexity index is 1170. The fourth-order valence-electron chi connectivity index (χ4n) is 3.47. The van der Waals surface area contributed by atoms with Crippen LogP contribution in [0.3, 0.4) is 0 Å². The Balaban J connectivity index is 1.59. The lowest BCUT2D eigenvalue weighted by atomic mass is 10.0. The van der Waals surface area contributed by atoms with Crippen molar-refractivity contribution < 1.29 is 19.1 Å². The second kappa shape index (κ2) is 11.8. The normalized spacial score (nSPS) is 11.5. The van der Waals surface area contributed by atoms with Crippen LogP contribution in [0, 0.1) is 12.8 Å². The first kappa shape index (κ1) is 25.5. The van der Waals surface area contributed by atoms with Gasteiger partial charge in [0.1, 0.15) is 11.8 Å². The van der Waals surface area contributed by atoms with E-state index >= 15 is 0 Å². The van der Waals surface area contributed by atoms with Gasteiger partial charge in [-0.25, -0.2) is 0 Å². The number of hydrogen-bond donors (Lipinski definition) is 3. The van der Waals surface area contributed by atoms with E-state index in [1.165, 1.54) is 0 Å². The van der Waals surface area contributed by atoms with Crippen LogP contribution in [0.4, 0.5) is 5.69 Å². The van der Waals surface area contributed by atoms with Crippen molar-refractivity contribution in [2.75, 3.05) is 12.4 Å². The average molecular weight is 474 g/mol. The molecule has 1 atom stereocenters. The third-order valence-electron chi connectivity index (χ3n) is 5.55. The summed E-state index contributed by atoms with van der Waals surface area (Å²) >= 11 is 0. The van der Waals surface area contributed by atoms with Crippen LogP contribution in [0.5, 0.6) is 5.75 Å². The molecule has 0 aromatic heterocycles. The summed E-state index contributed by atoms with van der Waals surface area (Å²) in [4.78, 5) is 38.0. The van der Waals surface area contributed by atoms with Gasteiger partial charge in [-0.05, 0) is 66.9 Å². The van der Waals surface area contributed by atoms with Gasteiger partial charge in [0.05, 0.1) is 7.11 Å². The van der Waals surface area contributed by atoms with Crippen molar-refractivity contribution in [3.05, 3.63) is 95.1 Å². The molecule has 0 saturated carbocycles. The topological polar surface area (TPSA) is 96.5 Å². The molecule has 3 rings (SSSR count). The molecule has 7 heteroatoms. The Morgan fingerprint density at radius 3 is 2.11 bits per heavy atom. The van der Waals surface area contributed by atoms with Crippen molar-refractivity contribution in [3.8, 4) is 5.75 Å². The molecular formula is C28H31N3O4. The van der Waals surface area contributed by atoms with E-state index in [2.05, 4.69) is 16.0 Å². The molecule has 0 saturated heterocycles. The number of aryl methyl sites for hydroxylation is 1. The largest absolute Gasteiger partial charge is 0.497 e. The van der Waals surface area contributed by atoms with Gasteiger partial charge in [0.25, 0.3) is 11.8 Å². The summed E-state index contributed by atoms with van der Waals surface area (Å²) in [6.07, 6.45) is 0. The maximum absolute atomic E-state index is 12.9. The Morgan fingerprint density at radius 1 is 0.857 bits per heavy atom. The number of carbonyl (C=O) groups excluding carboxylic acids is 3. The van der Waals surface area contributed by atoms with Crippen LogP contribution in [-0.2, 0) is 11.3 Å². The molecule has 182 valence electrons. The first-order chi connectivity index (χ1) is 16.8. The van der Waals surface area contributed by atoms with Gasteiger partial charge in [0.15, 0.2) is 0 Å². The summed E-state index contributed by atoms with van der Waals surface area (Å²) in [5.41, 5.74) is 3.56. The van der Waals surface area contributed by atoms with Gasteiger partial charge >= 0.3 is 0 Å². The number of amides is 3. The van der Waals surface area contributed by atoms with E-state index in [-0.39, 0.29) is 30.2 Å². The molecule has 0 aliphatic carbocycles. The zero-order valence-corrected chi connectivity index (χ0v) is 20.4. The molecule has 0 fully saturated rings. The smallest absolute Gasteiger partial charge is 0.255 e. The monoisotopic (exact) mass is 473 g/mol. The first-order valence-electron chi connectivity index (χ1n) is 11.5. The molecule has 3 amide bonds. The van der Waals surface area contributed by atoms with Gasteiger partial charge in [-0.3, -0.25) is 14.4 Å². The molecule has 0 aliphatic rings. The quantitative estimate of drug-likeness (QED) is 0.431. The molecule has 0 heterocycles. The van der Waals surface area contributed by atoms with Gasteiger partial charge in [-0.2, -0.15) is 0 Å². The molecule has 0 radical (unpaired) electrons. The number of hydrogen-bond acceptors (Lipinski definition) is 4. The van der Waals surface area contributed by atoms with E-state index in [0.29, 0.717) is 22.6 Å². The standard InChI is InChI=1S/C28H31N3O4/c1-18(2)25(31-27(33)22-12-14-24(35-4)15-13-22)28(34)29-17-20-6-5-7-23(16-20)30-26(32)21-10-8-19(3)9-11-21/h5-16,18,25H,17H2,1-4H3,(H,29,34)(H,30,32)(H,31,33). The van der Waals surface area contributed by atoms with E-state index in [1.807, 2.05) is 51.1 Å². The zero-order chi connectivity index (χ0) is 25.4. The maximum atomic E-state index is 12.9. The lowest BCUT2D eigenvalue weighted by molar-refractivity contribution is -0.124. The highest BCUT2D eigenvalue weighted by Gasteiger charge is 2.24. The summed E-state index contributed by atoms with van der Waals surface area (Å²) in [7, 11) is 1.56. The van der Waals surface area contributed by atoms with E-state index < -0.39 is 6.04 Å². The fourth-order valence-corrected chi connectivity index (χ4v) is 3.47. The number of ether oxygens (including phenoxy) is 1. The maximum Gasteiger partial charge on any atom is 0.255 e. The predicted octanol–water partition coefficient (Wildman–Crippen LogP) is 4.33. The first-order valence-corrected chi connectivity index (χ1v) is 11.5. The second-order valence-corrected chi connectivity index (χ2v) is 8.66. The molecule has 3 N–H and O–H groups in total. The Morgan fingerprint density at radius 2 is 1.49 bits per heavy atom. The van der Waals surface area contributed by atoms with Crippen molar-refractivity contribution in [3.63, 3.8) is 0 Å². The number of carbonyl (C=O) groups is 3. The fraction of sp³-hybridized carbons (Fsp3) is 0.250. The number of rotatable bonds is 9. The van der Waals surface area contributed by atoms with Crippen LogP contribution in [0.1, 0.15) is 45.7 Å². The molecule has 3 aromatic carbocycles. The van der Waals surface area contributed by atoms with Crippen LogP contribution in [0.25, 0.3) is 0 Å². The van der Waals surface area contributed by atoms with Crippen LogP contribution < -0.4 is 20.7 Å². The van der Waals surface area contributed by atoms with Crippen LogP contribution in [-0.4, -0.2) is 30.9 Å². The highest BCUT2D eigenvalue weighted by Crippen LogP contribution is 2.14. The number of anilines is 1. The Hall–Kier alpha value is -4.13. The highest BCUT2D eigenvalue weighted by molar-refractivity contribution is 6.04. The lowest BCUT2D eigenvalue weighted by Gasteiger charge is -2.22. The molecule has 0 aliphatic heterocycles. The van der Waals surface area contributed by atoms with Crippen molar-refractivity contribution in [1.29, 1.82) is 0 Å². The molecular weight excluding hydrogens is 442 g/mol. The predicted molar refractivity (Wildman–Crippen MR) is 137 cm³/mol. The van der Waals surface area contributed by atoms with E-state index in [4.69, 9.17) is 4.74 Å². The average Bonchev–Trinajstić information content (AvgIpc) is 2.86. The van der Waals surface area contributed by atoms with E-state index in [1.54, 1.807) is 49.6 Å². The lowest BCUT2D eigenvalue weighted by Crippen LogP contribution is -2.49. The van der Waals surface area contributed by atoms with E-state index in [9.17, 15) is 14.4 Å². The van der Waals surface area contributed by atoms with Crippen molar-refractivity contribution in [1.82, 2.24) is 10.6 Å². The Kier molecular flexibility index (Phi) is 8.62. The zero-order valence-electron chi connectivity index (χ0n) is 20.4. The van der Waals surface area contributed by atoms with Gasteiger partial charge in [0, 0.05) is 23.4 Å². The minimum atomic E-state index is -0.700.